The van der Waals surface area contributed by atoms with Crippen LogP contribution in [0, 0.1) is 13.8 Å². The molecule has 8 heteroatoms. The lowest BCUT2D eigenvalue weighted by Crippen LogP contribution is -2.43. The van der Waals surface area contributed by atoms with Gasteiger partial charge in [-0.05, 0) is 31.5 Å². The lowest BCUT2D eigenvalue weighted by Gasteiger charge is -2.17. The zero-order valence-electron chi connectivity index (χ0n) is 13.9. The molecular formula is C17H18N4O4. The van der Waals surface area contributed by atoms with Crippen LogP contribution >= 0.6 is 0 Å². The molecule has 2 aromatic rings. The van der Waals surface area contributed by atoms with Crippen molar-refractivity contribution in [3.05, 3.63) is 41.7 Å². The van der Waals surface area contributed by atoms with Gasteiger partial charge in [0, 0.05) is 24.7 Å². The molecule has 0 spiro atoms. The number of aryl methyl sites for hydroxylation is 2. The van der Waals surface area contributed by atoms with Crippen LogP contribution in [0.5, 0.6) is 0 Å². The van der Waals surface area contributed by atoms with Crippen LogP contribution < -0.4 is 15.5 Å². The molecule has 1 atom stereocenters. The highest BCUT2D eigenvalue weighted by Crippen LogP contribution is 2.22. The molecule has 0 aliphatic carbocycles. The van der Waals surface area contributed by atoms with Gasteiger partial charge in [-0.1, -0.05) is 17.3 Å². The Morgan fingerprint density at radius 2 is 2.04 bits per heavy atom. The molecule has 130 valence electrons. The van der Waals surface area contributed by atoms with Crippen LogP contribution in [0.4, 0.5) is 11.5 Å². The van der Waals surface area contributed by atoms with Crippen LogP contribution in [0.25, 0.3) is 0 Å². The van der Waals surface area contributed by atoms with Crippen molar-refractivity contribution in [2.45, 2.75) is 26.3 Å². The molecule has 2 heterocycles. The number of benzene rings is 1. The molecule has 1 fully saturated rings. The summed E-state index contributed by atoms with van der Waals surface area (Å²) < 4.78 is 4.82. The van der Waals surface area contributed by atoms with E-state index in [1.54, 1.807) is 11.8 Å². The lowest BCUT2D eigenvalue weighted by molar-refractivity contribution is -0.136. The first kappa shape index (κ1) is 16.7. The summed E-state index contributed by atoms with van der Waals surface area (Å²) in [5.74, 6) is -1.07. The second-order valence-corrected chi connectivity index (χ2v) is 5.99. The summed E-state index contributed by atoms with van der Waals surface area (Å²) in [6, 6.07) is 8.64. The van der Waals surface area contributed by atoms with Gasteiger partial charge in [0.15, 0.2) is 5.82 Å². The van der Waals surface area contributed by atoms with Gasteiger partial charge < -0.3 is 14.7 Å². The zero-order valence-corrected chi connectivity index (χ0v) is 13.9. The first-order chi connectivity index (χ1) is 11.9. The third-order valence-corrected chi connectivity index (χ3v) is 3.85. The quantitative estimate of drug-likeness (QED) is 0.814. The Morgan fingerprint density at radius 3 is 2.72 bits per heavy atom. The van der Waals surface area contributed by atoms with Crippen LogP contribution in [0.15, 0.2) is 34.9 Å². The third kappa shape index (κ3) is 3.85. The molecule has 3 amide bonds. The molecule has 2 N–H and O–H groups in total. The highest BCUT2D eigenvalue weighted by molar-refractivity contribution is 6.39. The van der Waals surface area contributed by atoms with Gasteiger partial charge in [-0.3, -0.25) is 19.7 Å². The van der Waals surface area contributed by atoms with E-state index in [0.717, 1.165) is 11.3 Å². The summed E-state index contributed by atoms with van der Waals surface area (Å²) in [5.41, 5.74) is 1.82. The summed E-state index contributed by atoms with van der Waals surface area (Å²) in [4.78, 5) is 37.7. The fourth-order valence-electron chi connectivity index (χ4n) is 2.70. The van der Waals surface area contributed by atoms with E-state index < -0.39 is 17.9 Å². The molecule has 1 aromatic carbocycles. The van der Waals surface area contributed by atoms with Gasteiger partial charge >= 0.3 is 11.8 Å². The summed E-state index contributed by atoms with van der Waals surface area (Å²) in [7, 11) is 0. The Morgan fingerprint density at radius 1 is 1.24 bits per heavy atom. The topological polar surface area (TPSA) is 105 Å². The van der Waals surface area contributed by atoms with Crippen molar-refractivity contribution >= 4 is 29.2 Å². The first-order valence-corrected chi connectivity index (χ1v) is 7.84. The fraction of sp³-hybridized carbons (Fsp3) is 0.294. The molecule has 3 rings (SSSR count). The molecule has 1 aromatic heterocycles. The summed E-state index contributed by atoms with van der Waals surface area (Å²) in [6.07, 6.45) is 0.149. The Bertz CT molecular complexity index is 830. The third-order valence-electron chi connectivity index (χ3n) is 3.85. The second kappa shape index (κ2) is 6.76. The summed E-state index contributed by atoms with van der Waals surface area (Å²) >= 11 is 0. The Balaban J connectivity index is 1.59. The predicted molar refractivity (Wildman–Crippen MR) is 89.9 cm³/mol. The number of carbonyl (C=O) groups excluding carboxylic acids is 3. The van der Waals surface area contributed by atoms with E-state index in [4.69, 9.17) is 4.52 Å². The van der Waals surface area contributed by atoms with E-state index in [0.29, 0.717) is 12.3 Å². The molecule has 0 saturated carbocycles. The average Bonchev–Trinajstić information content (AvgIpc) is 3.12. The van der Waals surface area contributed by atoms with Gasteiger partial charge in [-0.2, -0.15) is 0 Å². The number of hydrogen-bond acceptors (Lipinski definition) is 5. The monoisotopic (exact) mass is 342 g/mol. The van der Waals surface area contributed by atoms with Gasteiger partial charge in [0.2, 0.25) is 5.91 Å². The van der Waals surface area contributed by atoms with Crippen LogP contribution in [0.3, 0.4) is 0 Å². The number of anilines is 2. The molecule has 1 aliphatic heterocycles. The van der Waals surface area contributed by atoms with Gasteiger partial charge in [0.1, 0.15) is 5.76 Å². The minimum Gasteiger partial charge on any atom is -0.360 e. The first-order valence-electron chi connectivity index (χ1n) is 7.84. The van der Waals surface area contributed by atoms with E-state index >= 15 is 0 Å². The van der Waals surface area contributed by atoms with E-state index in [9.17, 15) is 14.4 Å². The van der Waals surface area contributed by atoms with Gasteiger partial charge in [0.25, 0.3) is 0 Å². The average molecular weight is 342 g/mol. The van der Waals surface area contributed by atoms with Crippen LogP contribution in [0.2, 0.25) is 0 Å². The molecule has 1 saturated heterocycles. The molecule has 25 heavy (non-hydrogen) atoms. The van der Waals surface area contributed by atoms with Crippen LogP contribution in [0.1, 0.15) is 17.7 Å². The molecular weight excluding hydrogens is 324 g/mol. The standard InChI is InChI=1S/C17H18N4O4/c1-10-4-3-5-13(6-10)21-9-12(8-15(21)22)18-16(23)17(24)19-14-7-11(2)25-20-14/h3-7,12H,8-9H2,1-2H3,(H,18,23)(H,19,20,24)/t12-/m1/s1. The van der Waals surface area contributed by atoms with Gasteiger partial charge in [0.05, 0.1) is 6.04 Å². The molecule has 1 aliphatic rings. The molecule has 8 nitrogen and oxygen atoms in total. The Labute approximate surface area is 144 Å². The van der Waals surface area contributed by atoms with E-state index in [1.165, 1.54) is 6.07 Å². The maximum Gasteiger partial charge on any atom is 0.314 e. The Hall–Kier alpha value is -3.16. The number of amides is 3. The van der Waals surface area contributed by atoms with Gasteiger partial charge in [-0.15, -0.1) is 0 Å². The van der Waals surface area contributed by atoms with E-state index in [1.807, 2.05) is 31.2 Å². The molecule has 0 unspecified atom stereocenters. The minimum atomic E-state index is -0.852. The number of rotatable bonds is 3. The predicted octanol–water partition coefficient (Wildman–Crippen LogP) is 1.15. The fourth-order valence-corrected chi connectivity index (χ4v) is 2.70. The normalized spacial score (nSPS) is 16.8. The van der Waals surface area contributed by atoms with Crippen molar-refractivity contribution in [3.63, 3.8) is 0 Å². The SMILES string of the molecule is Cc1cccc(N2C[C@H](NC(=O)C(=O)Nc3cc(C)on3)CC2=O)c1. The maximum absolute atomic E-state index is 12.2. The highest BCUT2D eigenvalue weighted by Gasteiger charge is 2.32. The smallest absolute Gasteiger partial charge is 0.314 e. The summed E-state index contributed by atoms with van der Waals surface area (Å²) in [5, 5.41) is 8.51. The Kier molecular flexibility index (Phi) is 4.51. The van der Waals surface area contributed by atoms with Crippen molar-refractivity contribution in [3.8, 4) is 0 Å². The van der Waals surface area contributed by atoms with Crippen LogP contribution in [-0.2, 0) is 14.4 Å². The maximum atomic E-state index is 12.2. The lowest BCUT2D eigenvalue weighted by atomic mass is 10.2. The van der Waals surface area contributed by atoms with Crippen molar-refractivity contribution in [2.75, 3.05) is 16.8 Å². The van der Waals surface area contributed by atoms with Crippen molar-refractivity contribution in [2.24, 2.45) is 0 Å². The number of carbonyl (C=O) groups is 3. The van der Waals surface area contributed by atoms with E-state index in [2.05, 4.69) is 15.8 Å². The van der Waals surface area contributed by atoms with Crippen molar-refractivity contribution < 1.29 is 18.9 Å². The number of aromatic nitrogens is 1. The van der Waals surface area contributed by atoms with Crippen molar-refractivity contribution in [1.82, 2.24) is 10.5 Å². The van der Waals surface area contributed by atoms with Crippen LogP contribution in [-0.4, -0.2) is 35.5 Å². The molecule has 0 bridgehead atoms. The zero-order chi connectivity index (χ0) is 18.0. The van der Waals surface area contributed by atoms with Crippen molar-refractivity contribution in [1.29, 1.82) is 0 Å². The number of hydrogen-bond donors (Lipinski definition) is 2. The molecule has 0 radical (unpaired) electrons. The number of nitrogens with one attached hydrogen (secondary N) is 2. The minimum absolute atomic E-state index is 0.0940. The largest absolute Gasteiger partial charge is 0.360 e. The summed E-state index contributed by atoms with van der Waals surface area (Å²) in [6.45, 7) is 3.94. The van der Waals surface area contributed by atoms with E-state index in [-0.39, 0.29) is 18.1 Å². The second-order valence-electron chi connectivity index (χ2n) is 5.99. The number of nitrogens with zero attached hydrogens (tertiary/aromatic N) is 2. The highest BCUT2D eigenvalue weighted by atomic mass is 16.5. The van der Waals surface area contributed by atoms with Gasteiger partial charge in [-0.25, -0.2) is 0 Å².